The van der Waals surface area contributed by atoms with Crippen molar-refractivity contribution in [2.45, 2.75) is 49.8 Å². The van der Waals surface area contributed by atoms with Crippen molar-refractivity contribution >= 4 is 38.6 Å². The molecule has 4 nitrogen and oxygen atoms in total. The standard InChI is InChI=1S/C12H20N2O2S3/c1-4-9-7-8-10(18-9)19(15,16)14-12(5-2,6-3)11(13)17/h7-8,14H,4-6H2,1-3H3,(H2,13,17). The van der Waals surface area contributed by atoms with E-state index in [1.165, 1.54) is 11.3 Å². The Bertz CT molecular complexity index is 545. The summed E-state index contributed by atoms with van der Waals surface area (Å²) in [6.07, 6.45) is 1.89. The summed E-state index contributed by atoms with van der Waals surface area (Å²) in [5, 5.41) is 0. The van der Waals surface area contributed by atoms with Crippen LogP contribution in [0.1, 0.15) is 38.5 Å². The zero-order chi connectivity index (χ0) is 14.7. The molecule has 0 radical (unpaired) electrons. The molecule has 0 fully saturated rings. The molecule has 0 saturated heterocycles. The Morgan fingerprint density at radius 3 is 2.32 bits per heavy atom. The summed E-state index contributed by atoms with van der Waals surface area (Å²) in [6.45, 7) is 5.74. The van der Waals surface area contributed by atoms with Gasteiger partial charge in [0.1, 0.15) is 4.21 Å². The van der Waals surface area contributed by atoms with E-state index >= 15 is 0 Å². The predicted molar refractivity (Wildman–Crippen MR) is 84.1 cm³/mol. The van der Waals surface area contributed by atoms with Crippen molar-refractivity contribution in [2.75, 3.05) is 0 Å². The summed E-state index contributed by atoms with van der Waals surface area (Å²) in [6, 6.07) is 3.46. The smallest absolute Gasteiger partial charge is 0.250 e. The van der Waals surface area contributed by atoms with Crippen LogP contribution in [-0.4, -0.2) is 18.9 Å². The zero-order valence-electron chi connectivity index (χ0n) is 11.4. The lowest BCUT2D eigenvalue weighted by molar-refractivity contribution is 0.466. The molecule has 3 N–H and O–H groups in total. The lowest BCUT2D eigenvalue weighted by atomic mass is 9.94. The van der Waals surface area contributed by atoms with Gasteiger partial charge in [-0.2, -0.15) is 4.72 Å². The van der Waals surface area contributed by atoms with Crippen LogP contribution in [0.5, 0.6) is 0 Å². The fourth-order valence-corrected chi connectivity index (χ4v) is 5.02. The number of thiophene rings is 1. The summed E-state index contributed by atoms with van der Waals surface area (Å²) < 4.78 is 27.8. The normalized spacial score (nSPS) is 12.6. The van der Waals surface area contributed by atoms with Crippen molar-refractivity contribution in [3.63, 3.8) is 0 Å². The molecular weight excluding hydrogens is 300 g/mol. The summed E-state index contributed by atoms with van der Waals surface area (Å²) in [5.41, 5.74) is 4.87. The third kappa shape index (κ3) is 3.53. The third-order valence-electron chi connectivity index (χ3n) is 3.26. The maximum atomic E-state index is 12.4. The van der Waals surface area contributed by atoms with E-state index in [0.717, 1.165) is 11.3 Å². The van der Waals surface area contributed by atoms with Gasteiger partial charge in [-0.05, 0) is 31.4 Å². The van der Waals surface area contributed by atoms with Crippen LogP contribution < -0.4 is 10.5 Å². The highest BCUT2D eigenvalue weighted by Gasteiger charge is 2.35. The summed E-state index contributed by atoms with van der Waals surface area (Å²) in [5.74, 6) is 0. The van der Waals surface area contributed by atoms with Crippen molar-refractivity contribution in [1.29, 1.82) is 0 Å². The van der Waals surface area contributed by atoms with Gasteiger partial charge in [-0.25, -0.2) is 8.42 Å². The summed E-state index contributed by atoms with van der Waals surface area (Å²) in [7, 11) is -3.58. The van der Waals surface area contributed by atoms with Crippen molar-refractivity contribution in [1.82, 2.24) is 4.72 Å². The molecule has 1 heterocycles. The molecule has 1 rings (SSSR count). The fourth-order valence-electron chi connectivity index (χ4n) is 1.79. The number of nitrogens with two attached hydrogens (primary N) is 1. The second-order valence-electron chi connectivity index (χ2n) is 4.33. The van der Waals surface area contributed by atoms with Crippen LogP contribution in [-0.2, 0) is 16.4 Å². The zero-order valence-corrected chi connectivity index (χ0v) is 13.8. The van der Waals surface area contributed by atoms with Crippen LogP contribution >= 0.6 is 23.6 Å². The molecule has 0 aliphatic rings. The number of rotatable bonds is 7. The highest BCUT2D eigenvalue weighted by molar-refractivity contribution is 7.91. The Morgan fingerprint density at radius 1 is 1.37 bits per heavy atom. The molecule has 0 amide bonds. The quantitative estimate of drug-likeness (QED) is 0.757. The van der Waals surface area contributed by atoms with Gasteiger partial charge in [-0.1, -0.05) is 33.0 Å². The van der Waals surface area contributed by atoms with E-state index < -0.39 is 15.6 Å². The minimum atomic E-state index is -3.58. The monoisotopic (exact) mass is 320 g/mol. The van der Waals surface area contributed by atoms with E-state index in [-0.39, 0.29) is 4.99 Å². The van der Waals surface area contributed by atoms with Gasteiger partial charge >= 0.3 is 0 Å². The number of hydrogen-bond donors (Lipinski definition) is 2. The Balaban J connectivity index is 3.10. The topological polar surface area (TPSA) is 72.2 Å². The third-order valence-corrected chi connectivity index (χ3v) is 6.91. The van der Waals surface area contributed by atoms with Gasteiger partial charge in [0, 0.05) is 4.88 Å². The first-order valence-corrected chi connectivity index (χ1v) is 8.94. The summed E-state index contributed by atoms with van der Waals surface area (Å²) >= 11 is 6.31. The first kappa shape index (κ1) is 16.6. The van der Waals surface area contributed by atoms with E-state index in [0.29, 0.717) is 17.1 Å². The minimum Gasteiger partial charge on any atom is -0.392 e. The lowest BCUT2D eigenvalue weighted by Gasteiger charge is -2.30. The van der Waals surface area contributed by atoms with Crippen LogP contribution in [0, 0.1) is 0 Å². The average Bonchev–Trinajstić information content (AvgIpc) is 2.85. The SMILES string of the molecule is CCc1ccc(S(=O)(=O)NC(CC)(CC)C(N)=S)s1. The van der Waals surface area contributed by atoms with Gasteiger partial charge in [0.2, 0.25) is 0 Å². The van der Waals surface area contributed by atoms with E-state index in [2.05, 4.69) is 4.72 Å². The molecule has 0 saturated carbocycles. The molecule has 0 aliphatic heterocycles. The molecule has 0 unspecified atom stereocenters. The Hall–Kier alpha value is -0.500. The number of thiocarbonyl (C=S) groups is 1. The Kier molecular flexibility index (Phi) is 5.49. The van der Waals surface area contributed by atoms with Crippen molar-refractivity contribution < 1.29 is 8.42 Å². The summed E-state index contributed by atoms with van der Waals surface area (Å²) in [4.78, 5) is 1.22. The highest BCUT2D eigenvalue weighted by Crippen LogP contribution is 2.25. The van der Waals surface area contributed by atoms with Crippen LogP contribution in [0.15, 0.2) is 16.3 Å². The van der Waals surface area contributed by atoms with Gasteiger partial charge in [0.25, 0.3) is 10.0 Å². The number of aryl methyl sites for hydroxylation is 1. The molecular formula is C12H20N2O2S3. The minimum absolute atomic E-state index is 0.188. The second kappa shape index (κ2) is 6.30. The molecule has 1 aromatic heterocycles. The van der Waals surface area contributed by atoms with Gasteiger partial charge in [-0.3, -0.25) is 0 Å². The van der Waals surface area contributed by atoms with Gasteiger partial charge < -0.3 is 5.73 Å². The average molecular weight is 321 g/mol. The molecule has 108 valence electrons. The van der Waals surface area contributed by atoms with E-state index in [1.54, 1.807) is 6.07 Å². The lowest BCUT2D eigenvalue weighted by Crippen LogP contribution is -2.55. The molecule has 1 aromatic rings. The van der Waals surface area contributed by atoms with E-state index in [9.17, 15) is 8.42 Å². The van der Waals surface area contributed by atoms with Crippen LogP contribution in [0.25, 0.3) is 0 Å². The Morgan fingerprint density at radius 2 is 1.95 bits per heavy atom. The van der Waals surface area contributed by atoms with Gasteiger partial charge in [-0.15, -0.1) is 11.3 Å². The molecule has 0 atom stereocenters. The largest absolute Gasteiger partial charge is 0.392 e. The van der Waals surface area contributed by atoms with Crippen molar-refractivity contribution in [2.24, 2.45) is 5.73 Å². The van der Waals surface area contributed by atoms with E-state index in [4.69, 9.17) is 18.0 Å². The first-order valence-electron chi connectivity index (χ1n) is 6.24. The molecule has 7 heteroatoms. The van der Waals surface area contributed by atoms with Crippen molar-refractivity contribution in [3.8, 4) is 0 Å². The second-order valence-corrected chi connectivity index (χ2v) is 7.85. The Labute approximate surface area is 124 Å². The maximum absolute atomic E-state index is 12.4. The van der Waals surface area contributed by atoms with E-state index in [1.807, 2.05) is 26.8 Å². The fraction of sp³-hybridized carbons (Fsp3) is 0.583. The van der Waals surface area contributed by atoms with Crippen LogP contribution in [0.3, 0.4) is 0 Å². The molecule has 0 bridgehead atoms. The molecule has 0 aliphatic carbocycles. The molecule has 19 heavy (non-hydrogen) atoms. The first-order chi connectivity index (χ1) is 8.81. The molecule has 0 spiro atoms. The van der Waals surface area contributed by atoms with Gasteiger partial charge in [0.15, 0.2) is 0 Å². The predicted octanol–water partition coefficient (Wildman–Crippen LogP) is 2.43. The van der Waals surface area contributed by atoms with Gasteiger partial charge in [0.05, 0.1) is 10.5 Å². The number of sulfonamides is 1. The number of nitrogens with one attached hydrogen (secondary N) is 1. The van der Waals surface area contributed by atoms with Crippen LogP contribution in [0.4, 0.5) is 0 Å². The van der Waals surface area contributed by atoms with Crippen LogP contribution in [0.2, 0.25) is 0 Å². The maximum Gasteiger partial charge on any atom is 0.250 e. The van der Waals surface area contributed by atoms with Crippen molar-refractivity contribution in [3.05, 3.63) is 17.0 Å². The number of hydrogen-bond acceptors (Lipinski definition) is 4. The molecule has 0 aromatic carbocycles. The highest BCUT2D eigenvalue weighted by atomic mass is 32.2.